The van der Waals surface area contributed by atoms with Crippen LogP contribution in [-0.2, 0) is 35.2 Å². The Kier molecular flexibility index (Phi) is 11.0. The molecular weight excluding hydrogens is 438 g/mol. The maximum absolute atomic E-state index is 12.6. The first-order valence-corrected chi connectivity index (χ1v) is 9.89. The van der Waals surface area contributed by atoms with Crippen LogP contribution in [0.2, 0.25) is 0 Å². The smallest absolute Gasteiger partial charge is 0.326 e. The number of hydrogen-bond acceptors (Lipinski definition) is 7. The molecule has 180 valence electrons. The van der Waals surface area contributed by atoms with E-state index >= 15 is 0 Å². The van der Waals surface area contributed by atoms with Gasteiger partial charge in [0, 0.05) is 12.8 Å². The van der Waals surface area contributed by atoms with Crippen LogP contribution in [0.3, 0.4) is 0 Å². The highest BCUT2D eigenvalue weighted by molar-refractivity contribution is 5.93. The van der Waals surface area contributed by atoms with Crippen LogP contribution in [0.15, 0.2) is 30.3 Å². The van der Waals surface area contributed by atoms with Gasteiger partial charge in [-0.25, -0.2) is 4.79 Å². The van der Waals surface area contributed by atoms with E-state index in [0.717, 1.165) is 0 Å². The van der Waals surface area contributed by atoms with Gasteiger partial charge in [0.05, 0.1) is 19.0 Å². The van der Waals surface area contributed by atoms with Crippen LogP contribution in [0.1, 0.15) is 24.8 Å². The summed E-state index contributed by atoms with van der Waals surface area (Å²) in [7, 11) is 0. The number of primary amides is 1. The predicted octanol–water partition coefficient (Wildman–Crippen LogP) is -2.53. The van der Waals surface area contributed by atoms with Gasteiger partial charge < -0.3 is 37.6 Å². The van der Waals surface area contributed by atoms with Crippen molar-refractivity contribution in [3.63, 3.8) is 0 Å². The van der Waals surface area contributed by atoms with Crippen molar-refractivity contribution in [3.8, 4) is 0 Å². The summed E-state index contributed by atoms with van der Waals surface area (Å²) in [5.41, 5.74) is 11.3. The first-order chi connectivity index (χ1) is 15.5. The van der Waals surface area contributed by atoms with E-state index in [1.54, 1.807) is 30.3 Å². The number of nitrogens with one attached hydrogen (secondary N) is 3. The van der Waals surface area contributed by atoms with E-state index in [9.17, 15) is 28.8 Å². The van der Waals surface area contributed by atoms with Crippen LogP contribution in [0.25, 0.3) is 0 Å². The Bertz CT molecular complexity index is 876. The number of amides is 4. The van der Waals surface area contributed by atoms with Gasteiger partial charge in [0.2, 0.25) is 23.6 Å². The lowest BCUT2D eigenvalue weighted by molar-refractivity contribution is -0.143. The molecule has 0 aliphatic rings. The third kappa shape index (κ3) is 10.7. The fraction of sp³-hybridized carbons (Fsp3) is 0.400. The molecular formula is C20H27N5O8. The lowest BCUT2D eigenvalue weighted by Crippen LogP contribution is -2.54. The monoisotopic (exact) mass is 465 g/mol. The Morgan fingerprint density at radius 1 is 0.909 bits per heavy atom. The van der Waals surface area contributed by atoms with Gasteiger partial charge in [0.1, 0.15) is 12.1 Å². The Labute approximate surface area is 188 Å². The van der Waals surface area contributed by atoms with E-state index in [1.807, 2.05) is 0 Å². The van der Waals surface area contributed by atoms with E-state index in [2.05, 4.69) is 16.0 Å². The number of benzene rings is 1. The number of rotatable bonds is 14. The molecule has 3 atom stereocenters. The van der Waals surface area contributed by atoms with Crippen molar-refractivity contribution in [2.45, 2.75) is 43.8 Å². The summed E-state index contributed by atoms with van der Waals surface area (Å²) in [5.74, 6) is -5.92. The molecule has 4 amide bonds. The van der Waals surface area contributed by atoms with Crippen molar-refractivity contribution in [1.29, 1.82) is 0 Å². The minimum Gasteiger partial charge on any atom is -0.481 e. The molecule has 13 heteroatoms. The number of carboxylic acids is 2. The zero-order valence-electron chi connectivity index (χ0n) is 17.7. The number of carboxylic acid groups (broad SMARTS) is 2. The maximum atomic E-state index is 12.6. The van der Waals surface area contributed by atoms with E-state index in [-0.39, 0.29) is 19.3 Å². The topological polar surface area (TPSA) is 231 Å². The SMILES string of the molecule is NC(=O)CC(NC(=O)CNC(=O)C(Cc1ccccc1)NC(=O)C(N)CCC(=O)O)C(=O)O. The van der Waals surface area contributed by atoms with Crippen molar-refractivity contribution in [3.05, 3.63) is 35.9 Å². The molecule has 0 saturated heterocycles. The van der Waals surface area contributed by atoms with Crippen LogP contribution in [-0.4, -0.2) is 70.5 Å². The van der Waals surface area contributed by atoms with Crippen LogP contribution in [0.5, 0.6) is 0 Å². The second-order valence-electron chi connectivity index (χ2n) is 7.14. The van der Waals surface area contributed by atoms with Gasteiger partial charge in [-0.3, -0.25) is 24.0 Å². The Hall–Kier alpha value is -4.00. The maximum Gasteiger partial charge on any atom is 0.326 e. The van der Waals surface area contributed by atoms with Crippen molar-refractivity contribution in [2.75, 3.05) is 6.54 Å². The molecule has 9 N–H and O–H groups in total. The summed E-state index contributed by atoms with van der Waals surface area (Å²) in [6.07, 6.45) is -1.05. The Morgan fingerprint density at radius 3 is 2.09 bits per heavy atom. The number of nitrogens with two attached hydrogens (primary N) is 2. The summed E-state index contributed by atoms with van der Waals surface area (Å²) in [5, 5.41) is 24.5. The molecule has 0 aliphatic carbocycles. The molecule has 0 saturated carbocycles. The van der Waals surface area contributed by atoms with Gasteiger partial charge in [-0.2, -0.15) is 0 Å². The average Bonchev–Trinajstić information content (AvgIpc) is 2.75. The highest BCUT2D eigenvalue weighted by atomic mass is 16.4. The first-order valence-electron chi connectivity index (χ1n) is 9.89. The second-order valence-corrected chi connectivity index (χ2v) is 7.14. The molecule has 33 heavy (non-hydrogen) atoms. The zero-order chi connectivity index (χ0) is 25.0. The van der Waals surface area contributed by atoms with Crippen LogP contribution in [0, 0.1) is 0 Å². The molecule has 0 bridgehead atoms. The van der Waals surface area contributed by atoms with E-state index < -0.39 is 66.7 Å². The summed E-state index contributed by atoms with van der Waals surface area (Å²) < 4.78 is 0. The quantitative estimate of drug-likeness (QED) is 0.153. The molecule has 0 fully saturated rings. The van der Waals surface area contributed by atoms with Crippen LogP contribution >= 0.6 is 0 Å². The minimum atomic E-state index is -1.56. The first kappa shape index (κ1) is 27.0. The van der Waals surface area contributed by atoms with E-state index in [0.29, 0.717) is 5.56 Å². The molecule has 1 aromatic carbocycles. The lowest BCUT2D eigenvalue weighted by atomic mass is 10.0. The minimum absolute atomic E-state index is 0.0467. The Morgan fingerprint density at radius 2 is 1.55 bits per heavy atom. The van der Waals surface area contributed by atoms with Gasteiger partial charge >= 0.3 is 11.9 Å². The largest absolute Gasteiger partial charge is 0.481 e. The van der Waals surface area contributed by atoms with Crippen LogP contribution < -0.4 is 27.4 Å². The fourth-order valence-corrected chi connectivity index (χ4v) is 2.69. The number of aliphatic carboxylic acids is 2. The third-order valence-corrected chi connectivity index (χ3v) is 4.38. The van der Waals surface area contributed by atoms with Gasteiger partial charge in [-0.05, 0) is 12.0 Å². The van der Waals surface area contributed by atoms with E-state index in [1.165, 1.54) is 0 Å². The van der Waals surface area contributed by atoms with Crippen molar-refractivity contribution >= 4 is 35.6 Å². The Balaban J connectivity index is 2.79. The summed E-state index contributed by atoms with van der Waals surface area (Å²) in [4.78, 5) is 69.7. The molecule has 0 radical (unpaired) electrons. The highest BCUT2D eigenvalue weighted by Gasteiger charge is 2.26. The molecule has 1 rings (SSSR count). The number of hydrogen-bond donors (Lipinski definition) is 7. The van der Waals surface area contributed by atoms with E-state index in [4.69, 9.17) is 21.7 Å². The van der Waals surface area contributed by atoms with Crippen molar-refractivity contribution in [1.82, 2.24) is 16.0 Å². The number of carbonyl (C=O) groups excluding carboxylic acids is 4. The molecule has 1 aromatic rings. The summed E-state index contributed by atoms with van der Waals surface area (Å²) in [6.45, 7) is -0.631. The third-order valence-electron chi connectivity index (χ3n) is 4.38. The van der Waals surface area contributed by atoms with Crippen LogP contribution in [0.4, 0.5) is 0 Å². The fourth-order valence-electron chi connectivity index (χ4n) is 2.69. The lowest BCUT2D eigenvalue weighted by Gasteiger charge is -2.21. The predicted molar refractivity (Wildman–Crippen MR) is 113 cm³/mol. The van der Waals surface area contributed by atoms with Crippen molar-refractivity contribution < 1.29 is 39.0 Å². The van der Waals surface area contributed by atoms with Gasteiger partial charge in [0.15, 0.2) is 0 Å². The van der Waals surface area contributed by atoms with Gasteiger partial charge in [0.25, 0.3) is 0 Å². The molecule has 13 nitrogen and oxygen atoms in total. The second kappa shape index (κ2) is 13.4. The highest BCUT2D eigenvalue weighted by Crippen LogP contribution is 2.05. The molecule has 0 aromatic heterocycles. The zero-order valence-corrected chi connectivity index (χ0v) is 17.7. The molecule has 0 heterocycles. The summed E-state index contributed by atoms with van der Waals surface area (Å²) in [6, 6.07) is 4.76. The summed E-state index contributed by atoms with van der Waals surface area (Å²) >= 11 is 0. The normalized spacial score (nSPS) is 13.1. The van der Waals surface area contributed by atoms with Gasteiger partial charge in [-0.1, -0.05) is 30.3 Å². The molecule has 3 unspecified atom stereocenters. The molecule has 0 spiro atoms. The molecule has 0 aliphatic heterocycles. The standard InChI is InChI=1S/C20H27N5O8/c21-12(6-7-17(28)29)18(30)25-13(8-11-4-2-1-3-5-11)19(31)23-10-16(27)24-14(20(32)33)9-15(22)26/h1-5,12-14H,6-10,21H2,(H2,22,26)(H,23,31)(H,24,27)(H,25,30)(H,28,29)(H,32,33). The number of carbonyl (C=O) groups is 6. The van der Waals surface area contributed by atoms with Gasteiger partial charge in [-0.15, -0.1) is 0 Å². The average molecular weight is 465 g/mol. The van der Waals surface area contributed by atoms with Crippen molar-refractivity contribution in [2.24, 2.45) is 11.5 Å².